The topological polar surface area (TPSA) is 66.5 Å². The number of aliphatic hydroxyl groups excluding tert-OH is 1. The number of aliphatic hydroxyl groups is 1. The van der Waals surface area contributed by atoms with Gasteiger partial charge in [0.25, 0.3) is 0 Å². The number of hydrogen-bond donors (Lipinski definition) is 3. The molecule has 6 heteroatoms. The van der Waals surface area contributed by atoms with Crippen LogP contribution in [-0.2, 0) is 0 Å². The van der Waals surface area contributed by atoms with E-state index in [1.165, 1.54) is 0 Å². The largest absolute Gasteiger partial charge is 0.506 e. The zero-order chi connectivity index (χ0) is 12.5. The Labute approximate surface area is 121 Å². The van der Waals surface area contributed by atoms with Crippen LogP contribution >= 0.6 is 39.9 Å². The number of phenols is 1. The molecular formula is C11H16BrCl2NO2. The highest BCUT2D eigenvalue weighted by atomic mass is 79.9. The second-order valence-corrected chi connectivity index (χ2v) is 5.77. The molecule has 1 rings (SSSR count). The van der Waals surface area contributed by atoms with Crippen LogP contribution in [0.2, 0.25) is 5.02 Å². The molecule has 0 spiro atoms. The van der Waals surface area contributed by atoms with Gasteiger partial charge in [-0.3, -0.25) is 0 Å². The van der Waals surface area contributed by atoms with Crippen LogP contribution in [-0.4, -0.2) is 16.8 Å². The van der Waals surface area contributed by atoms with E-state index in [1.54, 1.807) is 12.1 Å². The predicted molar refractivity (Wildman–Crippen MR) is 75.9 cm³/mol. The van der Waals surface area contributed by atoms with Gasteiger partial charge in [-0.2, -0.15) is 0 Å². The molecule has 0 aromatic heterocycles. The SMILES string of the molecule is CC(C)(CO)[C@@H](N)c1cc(Br)cc(Cl)c1O.Cl. The minimum absolute atomic E-state index is 0. The summed E-state index contributed by atoms with van der Waals surface area (Å²) >= 11 is 9.15. The van der Waals surface area contributed by atoms with Crippen molar-refractivity contribution < 1.29 is 10.2 Å². The lowest BCUT2D eigenvalue weighted by molar-refractivity contribution is 0.131. The Bertz CT molecular complexity index is 399. The van der Waals surface area contributed by atoms with E-state index in [1.807, 2.05) is 13.8 Å². The second kappa shape index (κ2) is 6.25. The highest BCUT2D eigenvalue weighted by Gasteiger charge is 2.29. The molecule has 1 aromatic rings. The van der Waals surface area contributed by atoms with E-state index >= 15 is 0 Å². The number of phenolic OH excluding ortho intramolecular Hbond substituents is 1. The third kappa shape index (κ3) is 3.73. The molecule has 0 heterocycles. The van der Waals surface area contributed by atoms with Crippen LogP contribution in [0.5, 0.6) is 5.75 Å². The van der Waals surface area contributed by atoms with Gasteiger partial charge in [0.1, 0.15) is 5.75 Å². The summed E-state index contributed by atoms with van der Waals surface area (Å²) in [5.74, 6) is -0.0288. The highest BCUT2D eigenvalue weighted by Crippen LogP contribution is 2.40. The Morgan fingerprint density at radius 1 is 1.47 bits per heavy atom. The summed E-state index contributed by atoms with van der Waals surface area (Å²) < 4.78 is 0.745. The van der Waals surface area contributed by atoms with E-state index in [0.717, 1.165) is 4.47 Å². The van der Waals surface area contributed by atoms with E-state index in [9.17, 15) is 10.2 Å². The lowest BCUT2D eigenvalue weighted by Crippen LogP contribution is -2.32. The standard InChI is InChI=1S/C11H15BrClNO2.ClH/c1-11(2,5-15)10(14)7-3-6(12)4-8(13)9(7)16;/h3-4,10,15-16H,5,14H2,1-2H3;1H/t10-;/m0./s1. The number of aromatic hydroxyl groups is 1. The fraction of sp³-hybridized carbons (Fsp3) is 0.455. The maximum Gasteiger partial charge on any atom is 0.139 e. The number of benzene rings is 1. The minimum Gasteiger partial charge on any atom is -0.506 e. The van der Waals surface area contributed by atoms with Crippen molar-refractivity contribution in [3.05, 3.63) is 27.2 Å². The summed E-state index contributed by atoms with van der Waals surface area (Å²) in [6, 6.07) is 2.81. The van der Waals surface area contributed by atoms with Crippen molar-refractivity contribution in [3.8, 4) is 5.75 Å². The van der Waals surface area contributed by atoms with Crippen LogP contribution in [0.1, 0.15) is 25.5 Å². The highest BCUT2D eigenvalue weighted by molar-refractivity contribution is 9.10. The summed E-state index contributed by atoms with van der Waals surface area (Å²) in [4.78, 5) is 0. The molecule has 0 saturated carbocycles. The number of hydrogen-bond acceptors (Lipinski definition) is 3. The zero-order valence-electron chi connectivity index (χ0n) is 9.58. The quantitative estimate of drug-likeness (QED) is 0.788. The molecule has 1 atom stereocenters. The fourth-order valence-electron chi connectivity index (χ4n) is 1.34. The van der Waals surface area contributed by atoms with E-state index in [0.29, 0.717) is 5.56 Å². The maximum atomic E-state index is 9.84. The molecule has 3 nitrogen and oxygen atoms in total. The third-order valence-corrected chi connectivity index (χ3v) is 3.39. The summed E-state index contributed by atoms with van der Waals surface area (Å²) in [5.41, 5.74) is 6.02. The zero-order valence-corrected chi connectivity index (χ0v) is 12.7. The molecule has 17 heavy (non-hydrogen) atoms. The minimum atomic E-state index is -0.526. The lowest BCUT2D eigenvalue weighted by Gasteiger charge is -2.30. The van der Waals surface area contributed by atoms with Crippen molar-refractivity contribution in [1.29, 1.82) is 0 Å². The van der Waals surface area contributed by atoms with Gasteiger partial charge in [0.15, 0.2) is 0 Å². The van der Waals surface area contributed by atoms with Crippen molar-refractivity contribution in [2.75, 3.05) is 6.61 Å². The van der Waals surface area contributed by atoms with Crippen molar-refractivity contribution in [1.82, 2.24) is 0 Å². The average molecular weight is 345 g/mol. The Morgan fingerprint density at radius 2 is 2.00 bits per heavy atom. The van der Waals surface area contributed by atoms with Gasteiger partial charge in [-0.1, -0.05) is 41.4 Å². The fourth-order valence-corrected chi connectivity index (χ4v) is 2.18. The summed E-state index contributed by atoms with van der Waals surface area (Å²) in [6.07, 6.45) is 0. The normalized spacial score (nSPS) is 13.1. The van der Waals surface area contributed by atoms with E-state index in [2.05, 4.69) is 15.9 Å². The lowest BCUT2D eigenvalue weighted by atomic mass is 9.81. The van der Waals surface area contributed by atoms with Crippen LogP contribution < -0.4 is 5.73 Å². The van der Waals surface area contributed by atoms with Crippen LogP contribution in [0, 0.1) is 5.41 Å². The first-order chi connectivity index (χ1) is 7.29. The number of rotatable bonds is 3. The van der Waals surface area contributed by atoms with Crippen molar-refractivity contribution in [2.45, 2.75) is 19.9 Å². The van der Waals surface area contributed by atoms with Gasteiger partial charge in [-0.15, -0.1) is 12.4 Å². The molecule has 0 bridgehead atoms. The van der Waals surface area contributed by atoms with Gasteiger partial charge < -0.3 is 15.9 Å². The Morgan fingerprint density at radius 3 is 2.47 bits per heavy atom. The smallest absolute Gasteiger partial charge is 0.139 e. The van der Waals surface area contributed by atoms with Gasteiger partial charge in [0.05, 0.1) is 5.02 Å². The van der Waals surface area contributed by atoms with Gasteiger partial charge in [0, 0.05) is 28.1 Å². The Balaban J connectivity index is 0.00000256. The molecule has 4 N–H and O–H groups in total. The molecule has 0 radical (unpaired) electrons. The van der Waals surface area contributed by atoms with Crippen LogP contribution in [0.3, 0.4) is 0 Å². The number of halogens is 3. The molecule has 1 aromatic carbocycles. The van der Waals surface area contributed by atoms with Gasteiger partial charge in [0.2, 0.25) is 0 Å². The molecule has 0 fully saturated rings. The third-order valence-electron chi connectivity index (χ3n) is 2.64. The maximum absolute atomic E-state index is 9.84. The monoisotopic (exact) mass is 343 g/mol. The van der Waals surface area contributed by atoms with E-state index in [4.69, 9.17) is 17.3 Å². The Kier molecular flexibility index (Phi) is 6.25. The van der Waals surface area contributed by atoms with Crippen molar-refractivity contribution in [2.24, 2.45) is 11.1 Å². The molecule has 0 saturated heterocycles. The van der Waals surface area contributed by atoms with Gasteiger partial charge in [-0.05, 0) is 12.1 Å². The van der Waals surface area contributed by atoms with E-state index < -0.39 is 11.5 Å². The second-order valence-electron chi connectivity index (χ2n) is 4.45. The van der Waals surface area contributed by atoms with Gasteiger partial charge in [-0.25, -0.2) is 0 Å². The first kappa shape index (κ1) is 17.0. The first-order valence-electron chi connectivity index (χ1n) is 4.84. The predicted octanol–water partition coefficient (Wildman–Crippen LogP) is 3.25. The molecule has 0 amide bonds. The van der Waals surface area contributed by atoms with E-state index in [-0.39, 0.29) is 29.8 Å². The summed E-state index contributed by atoms with van der Waals surface area (Å²) in [5, 5.41) is 19.3. The molecule has 98 valence electrons. The average Bonchev–Trinajstić information content (AvgIpc) is 2.22. The van der Waals surface area contributed by atoms with Crippen molar-refractivity contribution in [3.63, 3.8) is 0 Å². The summed E-state index contributed by atoms with van der Waals surface area (Å²) in [6.45, 7) is 3.58. The summed E-state index contributed by atoms with van der Waals surface area (Å²) in [7, 11) is 0. The van der Waals surface area contributed by atoms with Crippen molar-refractivity contribution >= 4 is 39.9 Å². The molecule has 0 aliphatic rings. The van der Waals surface area contributed by atoms with Crippen LogP contribution in [0.25, 0.3) is 0 Å². The molecule has 0 aliphatic carbocycles. The molecule has 0 aliphatic heterocycles. The molecular weight excluding hydrogens is 329 g/mol. The Hall–Kier alpha value is -0.000000000000000111. The van der Waals surface area contributed by atoms with Crippen LogP contribution in [0.4, 0.5) is 0 Å². The van der Waals surface area contributed by atoms with Crippen LogP contribution in [0.15, 0.2) is 16.6 Å². The molecule has 0 unspecified atom stereocenters. The first-order valence-corrected chi connectivity index (χ1v) is 6.01. The number of nitrogens with two attached hydrogens (primary N) is 1. The van der Waals surface area contributed by atoms with Gasteiger partial charge >= 0.3 is 0 Å².